The smallest absolute Gasteiger partial charge is 0.280 e. The van der Waals surface area contributed by atoms with E-state index in [1.807, 2.05) is 0 Å². The van der Waals surface area contributed by atoms with E-state index in [2.05, 4.69) is 15.1 Å². The summed E-state index contributed by atoms with van der Waals surface area (Å²) < 4.78 is 5.10. The zero-order valence-electron chi connectivity index (χ0n) is 7.85. The maximum Gasteiger partial charge on any atom is 0.280 e. The molecule has 0 bridgehead atoms. The van der Waals surface area contributed by atoms with Crippen LogP contribution in [-0.2, 0) is 9.53 Å². The molecule has 0 spiro atoms. The highest BCUT2D eigenvalue weighted by molar-refractivity contribution is 6.32. The molecule has 1 aromatic heterocycles. The van der Waals surface area contributed by atoms with E-state index in [0.717, 1.165) is 0 Å². The van der Waals surface area contributed by atoms with Gasteiger partial charge < -0.3 is 4.74 Å². The zero-order chi connectivity index (χ0) is 10.8. The van der Waals surface area contributed by atoms with Crippen molar-refractivity contribution in [3.63, 3.8) is 0 Å². The van der Waals surface area contributed by atoms with E-state index in [9.17, 15) is 4.79 Å². The second-order valence-corrected chi connectivity index (χ2v) is 3.16. The van der Waals surface area contributed by atoms with Crippen LogP contribution in [0.25, 0.3) is 0 Å². The van der Waals surface area contributed by atoms with Crippen molar-refractivity contribution in [1.82, 2.24) is 15.0 Å². The largest absolute Gasteiger partial charge is 0.465 e. The van der Waals surface area contributed by atoms with Gasteiger partial charge in [-0.3, -0.25) is 4.79 Å². The van der Waals surface area contributed by atoms with Crippen molar-refractivity contribution < 1.29 is 9.53 Å². The lowest BCUT2D eigenvalue weighted by molar-refractivity contribution is -0.134. The first-order valence-electron chi connectivity index (χ1n) is 4.13. The molecule has 0 N–H and O–H groups in total. The van der Waals surface area contributed by atoms with Gasteiger partial charge in [-0.25, -0.2) is 15.0 Å². The molecule has 0 saturated carbocycles. The summed E-state index contributed by atoms with van der Waals surface area (Å²) in [6, 6.07) is 0. The third-order valence-electron chi connectivity index (χ3n) is 1.79. The fraction of sp³-hybridized carbons (Fsp3) is 0.250. The van der Waals surface area contributed by atoms with Crippen molar-refractivity contribution in [3.05, 3.63) is 23.2 Å². The molecule has 2 heterocycles. The molecule has 15 heavy (non-hydrogen) atoms. The number of halogens is 1. The quantitative estimate of drug-likeness (QED) is 0.690. The molecule has 0 radical (unpaired) electrons. The van der Waals surface area contributed by atoms with Gasteiger partial charge in [0.2, 0.25) is 0 Å². The van der Waals surface area contributed by atoms with Gasteiger partial charge in [-0.05, 0) is 0 Å². The van der Waals surface area contributed by atoms with Crippen molar-refractivity contribution in [2.75, 3.05) is 13.7 Å². The standard InChI is InChI=1S/C8H7ClN4O2/c1-13-5(14)4-15-8(12-13)6-7(9)11-3-2-10-6/h2-3H,4H2,1H3. The number of likely N-dealkylation sites (N-methyl/N-ethyl adjacent to an activating group) is 1. The number of amides is 1. The normalized spacial score (nSPS) is 16.0. The monoisotopic (exact) mass is 226 g/mol. The first-order valence-corrected chi connectivity index (χ1v) is 4.51. The van der Waals surface area contributed by atoms with E-state index in [-0.39, 0.29) is 23.6 Å². The maximum atomic E-state index is 11.1. The Labute approximate surface area is 90.5 Å². The van der Waals surface area contributed by atoms with Crippen LogP contribution in [0.3, 0.4) is 0 Å². The van der Waals surface area contributed by atoms with Gasteiger partial charge in [0.25, 0.3) is 11.8 Å². The fourth-order valence-electron chi connectivity index (χ4n) is 1.02. The molecule has 0 aromatic carbocycles. The summed E-state index contributed by atoms with van der Waals surface area (Å²) in [6.07, 6.45) is 2.94. The molecule has 0 unspecified atom stereocenters. The van der Waals surface area contributed by atoms with Crippen LogP contribution in [0, 0.1) is 0 Å². The van der Waals surface area contributed by atoms with E-state index < -0.39 is 0 Å². The third kappa shape index (κ3) is 1.89. The van der Waals surface area contributed by atoms with Crippen LogP contribution in [0.1, 0.15) is 5.69 Å². The number of hydrazone groups is 1. The SMILES string of the molecule is CN1N=C(c2nccnc2Cl)OCC1=O. The molecule has 1 aliphatic heterocycles. The number of carbonyl (C=O) groups is 1. The molecular weight excluding hydrogens is 220 g/mol. The van der Waals surface area contributed by atoms with Crippen molar-refractivity contribution in [3.8, 4) is 0 Å². The van der Waals surface area contributed by atoms with Gasteiger partial charge in [0.05, 0.1) is 0 Å². The Hall–Kier alpha value is -1.69. The molecule has 1 aliphatic rings. The minimum absolute atomic E-state index is 0.0672. The van der Waals surface area contributed by atoms with Crippen molar-refractivity contribution in [1.29, 1.82) is 0 Å². The zero-order valence-corrected chi connectivity index (χ0v) is 8.60. The molecule has 6 nitrogen and oxygen atoms in total. The molecule has 1 amide bonds. The van der Waals surface area contributed by atoms with Crippen LogP contribution < -0.4 is 0 Å². The van der Waals surface area contributed by atoms with Crippen molar-refractivity contribution in [2.24, 2.45) is 5.10 Å². The highest BCUT2D eigenvalue weighted by Crippen LogP contribution is 2.13. The minimum atomic E-state index is -0.223. The van der Waals surface area contributed by atoms with Gasteiger partial charge in [-0.1, -0.05) is 11.6 Å². The van der Waals surface area contributed by atoms with Gasteiger partial charge in [0.15, 0.2) is 17.5 Å². The van der Waals surface area contributed by atoms with Crippen LogP contribution in [0.15, 0.2) is 17.5 Å². The molecule has 7 heteroatoms. The molecule has 0 atom stereocenters. The molecule has 2 rings (SSSR count). The number of hydrogen-bond acceptors (Lipinski definition) is 5. The predicted octanol–water partition coefficient (Wildman–Crippen LogP) is 0.280. The predicted molar refractivity (Wildman–Crippen MR) is 52.3 cm³/mol. The Balaban J connectivity index is 2.37. The Kier molecular flexibility index (Phi) is 2.51. The first-order chi connectivity index (χ1) is 7.18. The molecule has 78 valence electrons. The van der Waals surface area contributed by atoms with Crippen LogP contribution in [0.4, 0.5) is 0 Å². The second-order valence-electron chi connectivity index (χ2n) is 2.81. The summed E-state index contributed by atoms with van der Waals surface area (Å²) in [6.45, 7) is -0.0672. The maximum absolute atomic E-state index is 11.1. The highest BCUT2D eigenvalue weighted by atomic mass is 35.5. The van der Waals surface area contributed by atoms with E-state index in [1.165, 1.54) is 24.5 Å². The van der Waals surface area contributed by atoms with E-state index >= 15 is 0 Å². The lowest BCUT2D eigenvalue weighted by Crippen LogP contribution is -2.34. The fourth-order valence-corrected chi connectivity index (χ4v) is 1.21. The summed E-state index contributed by atoms with van der Waals surface area (Å²) >= 11 is 5.80. The average molecular weight is 227 g/mol. The van der Waals surface area contributed by atoms with Gasteiger partial charge in [-0.15, -0.1) is 5.10 Å². The number of hydrogen-bond donors (Lipinski definition) is 0. The molecule has 0 fully saturated rings. The summed E-state index contributed by atoms with van der Waals surface area (Å²) in [5.74, 6) is -0.0195. The lowest BCUT2D eigenvalue weighted by atomic mass is 10.4. The van der Waals surface area contributed by atoms with Crippen molar-refractivity contribution >= 4 is 23.4 Å². The van der Waals surface area contributed by atoms with Crippen LogP contribution in [-0.4, -0.2) is 40.4 Å². The number of rotatable bonds is 1. The number of nitrogens with zero attached hydrogens (tertiary/aromatic N) is 4. The Morgan fingerprint density at radius 1 is 1.47 bits per heavy atom. The van der Waals surface area contributed by atoms with Gasteiger partial charge in [0, 0.05) is 19.4 Å². The topological polar surface area (TPSA) is 67.7 Å². The van der Waals surface area contributed by atoms with E-state index in [1.54, 1.807) is 0 Å². The molecule has 1 aromatic rings. The minimum Gasteiger partial charge on any atom is -0.465 e. The summed E-state index contributed by atoms with van der Waals surface area (Å²) in [5, 5.41) is 5.26. The Morgan fingerprint density at radius 2 is 2.20 bits per heavy atom. The summed E-state index contributed by atoms with van der Waals surface area (Å²) in [7, 11) is 1.54. The molecular formula is C8H7ClN4O2. The highest BCUT2D eigenvalue weighted by Gasteiger charge is 2.22. The van der Waals surface area contributed by atoms with Gasteiger partial charge >= 0.3 is 0 Å². The Morgan fingerprint density at radius 3 is 2.87 bits per heavy atom. The summed E-state index contributed by atoms with van der Waals surface area (Å²) in [5.41, 5.74) is 0.332. The van der Waals surface area contributed by atoms with Crippen LogP contribution in [0.2, 0.25) is 5.15 Å². The van der Waals surface area contributed by atoms with E-state index in [0.29, 0.717) is 5.69 Å². The van der Waals surface area contributed by atoms with Gasteiger partial charge in [-0.2, -0.15) is 0 Å². The lowest BCUT2D eigenvalue weighted by Gasteiger charge is -2.19. The third-order valence-corrected chi connectivity index (χ3v) is 2.07. The number of carbonyl (C=O) groups excluding carboxylic acids is 1. The molecule has 0 saturated heterocycles. The van der Waals surface area contributed by atoms with Crippen LogP contribution >= 0.6 is 11.6 Å². The number of ether oxygens (including phenoxy) is 1. The first kappa shape index (κ1) is 9.85. The Bertz CT molecular complexity index is 434. The molecule has 0 aliphatic carbocycles. The van der Waals surface area contributed by atoms with Crippen molar-refractivity contribution in [2.45, 2.75) is 0 Å². The second kappa shape index (κ2) is 3.82. The average Bonchev–Trinajstić information content (AvgIpc) is 2.23. The number of aromatic nitrogens is 2. The van der Waals surface area contributed by atoms with Gasteiger partial charge in [0.1, 0.15) is 0 Å². The van der Waals surface area contributed by atoms with Crippen LogP contribution in [0.5, 0.6) is 0 Å². The summed E-state index contributed by atoms with van der Waals surface area (Å²) in [4.78, 5) is 18.9. The van der Waals surface area contributed by atoms with E-state index in [4.69, 9.17) is 16.3 Å².